The van der Waals surface area contributed by atoms with E-state index in [2.05, 4.69) is 56.6 Å². The predicted molar refractivity (Wildman–Crippen MR) is 120 cm³/mol. The SMILES string of the molecule is C=CCOC(C(=Cc1cccnc1)c1c(Cl)ccc2ccccc12)C(C)(C)C. The van der Waals surface area contributed by atoms with E-state index in [0.29, 0.717) is 11.6 Å². The molecule has 3 rings (SSSR count). The Hall–Kier alpha value is -2.42. The van der Waals surface area contributed by atoms with Gasteiger partial charge in [0, 0.05) is 23.0 Å². The number of ether oxygens (including phenoxy) is 1. The highest BCUT2D eigenvalue weighted by Crippen LogP contribution is 2.41. The Labute approximate surface area is 172 Å². The molecule has 0 N–H and O–H groups in total. The van der Waals surface area contributed by atoms with Crippen molar-refractivity contribution >= 4 is 34.0 Å². The van der Waals surface area contributed by atoms with Gasteiger partial charge in [-0.2, -0.15) is 0 Å². The largest absolute Gasteiger partial charge is 0.369 e. The molecule has 0 aliphatic rings. The summed E-state index contributed by atoms with van der Waals surface area (Å²) in [7, 11) is 0. The summed E-state index contributed by atoms with van der Waals surface area (Å²) in [5.41, 5.74) is 2.92. The van der Waals surface area contributed by atoms with Crippen molar-refractivity contribution in [1.29, 1.82) is 0 Å². The first-order chi connectivity index (χ1) is 13.4. The van der Waals surface area contributed by atoms with Crippen LogP contribution in [0.2, 0.25) is 5.02 Å². The molecule has 0 saturated heterocycles. The molecule has 0 amide bonds. The van der Waals surface area contributed by atoms with Crippen molar-refractivity contribution in [2.45, 2.75) is 26.9 Å². The van der Waals surface area contributed by atoms with Gasteiger partial charge < -0.3 is 4.74 Å². The average Bonchev–Trinajstić information content (AvgIpc) is 2.67. The molecule has 0 bridgehead atoms. The fourth-order valence-electron chi connectivity index (χ4n) is 3.43. The molecule has 1 atom stereocenters. The molecule has 144 valence electrons. The Bertz CT molecular complexity index is 986. The summed E-state index contributed by atoms with van der Waals surface area (Å²) in [5, 5.41) is 2.97. The van der Waals surface area contributed by atoms with Crippen LogP contribution in [0.4, 0.5) is 0 Å². The zero-order valence-electron chi connectivity index (χ0n) is 16.7. The highest BCUT2D eigenvalue weighted by atomic mass is 35.5. The van der Waals surface area contributed by atoms with Gasteiger partial charge in [-0.3, -0.25) is 4.98 Å². The first kappa shape index (κ1) is 20.3. The molecule has 0 aliphatic heterocycles. The molecular weight excluding hydrogens is 366 g/mol. The van der Waals surface area contributed by atoms with E-state index in [9.17, 15) is 0 Å². The first-order valence-electron chi connectivity index (χ1n) is 9.43. The van der Waals surface area contributed by atoms with Crippen LogP contribution in [0.25, 0.3) is 22.4 Å². The monoisotopic (exact) mass is 391 g/mol. The highest BCUT2D eigenvalue weighted by Gasteiger charge is 2.31. The van der Waals surface area contributed by atoms with Gasteiger partial charge in [0.15, 0.2) is 0 Å². The second-order valence-corrected chi connectivity index (χ2v) is 8.30. The summed E-state index contributed by atoms with van der Waals surface area (Å²) in [6, 6.07) is 16.3. The number of aromatic nitrogens is 1. The van der Waals surface area contributed by atoms with Crippen LogP contribution in [-0.2, 0) is 4.74 Å². The number of fused-ring (bicyclic) bond motifs is 1. The number of nitrogens with zero attached hydrogens (tertiary/aromatic N) is 1. The van der Waals surface area contributed by atoms with E-state index in [-0.39, 0.29) is 11.5 Å². The van der Waals surface area contributed by atoms with E-state index < -0.39 is 0 Å². The van der Waals surface area contributed by atoms with Crippen LogP contribution in [0.5, 0.6) is 0 Å². The van der Waals surface area contributed by atoms with E-state index in [1.807, 2.05) is 36.5 Å². The molecule has 3 heteroatoms. The Morgan fingerprint density at radius 3 is 2.61 bits per heavy atom. The Morgan fingerprint density at radius 1 is 1.14 bits per heavy atom. The van der Waals surface area contributed by atoms with Gasteiger partial charge in [-0.05, 0) is 45.5 Å². The minimum absolute atomic E-state index is 0.142. The maximum absolute atomic E-state index is 6.76. The molecule has 2 nitrogen and oxygen atoms in total. The van der Waals surface area contributed by atoms with E-state index in [1.54, 1.807) is 12.3 Å². The van der Waals surface area contributed by atoms with E-state index in [0.717, 1.165) is 27.5 Å². The number of benzene rings is 2. The lowest BCUT2D eigenvalue weighted by Crippen LogP contribution is -2.31. The molecule has 0 spiro atoms. The van der Waals surface area contributed by atoms with Gasteiger partial charge in [0.2, 0.25) is 0 Å². The van der Waals surface area contributed by atoms with Crippen LogP contribution in [-0.4, -0.2) is 17.7 Å². The summed E-state index contributed by atoms with van der Waals surface area (Å²) in [6.07, 6.45) is 7.38. The maximum Gasteiger partial charge on any atom is 0.0884 e. The average molecular weight is 392 g/mol. The number of hydrogen-bond acceptors (Lipinski definition) is 2. The second kappa shape index (κ2) is 8.72. The van der Waals surface area contributed by atoms with Gasteiger partial charge in [0.05, 0.1) is 12.7 Å². The quantitative estimate of drug-likeness (QED) is 0.420. The number of pyridine rings is 1. The third-order valence-electron chi connectivity index (χ3n) is 4.62. The zero-order valence-corrected chi connectivity index (χ0v) is 17.4. The molecule has 3 aromatic rings. The molecule has 1 aromatic heterocycles. The van der Waals surface area contributed by atoms with E-state index in [4.69, 9.17) is 16.3 Å². The lowest BCUT2D eigenvalue weighted by atomic mass is 9.80. The minimum atomic E-state index is -0.172. The summed E-state index contributed by atoms with van der Waals surface area (Å²) < 4.78 is 6.28. The minimum Gasteiger partial charge on any atom is -0.369 e. The Kier molecular flexibility index (Phi) is 6.33. The van der Waals surface area contributed by atoms with Crippen molar-refractivity contribution in [3.05, 3.63) is 89.7 Å². The third kappa shape index (κ3) is 4.52. The van der Waals surface area contributed by atoms with Crippen LogP contribution in [0, 0.1) is 5.41 Å². The summed E-state index contributed by atoms with van der Waals surface area (Å²) in [6.45, 7) is 10.8. The topological polar surface area (TPSA) is 22.1 Å². The van der Waals surface area contributed by atoms with Gasteiger partial charge in [-0.15, -0.1) is 6.58 Å². The molecule has 28 heavy (non-hydrogen) atoms. The lowest BCUT2D eigenvalue weighted by Gasteiger charge is -2.33. The van der Waals surface area contributed by atoms with Crippen molar-refractivity contribution in [3.63, 3.8) is 0 Å². The van der Waals surface area contributed by atoms with Gasteiger partial charge in [0.1, 0.15) is 0 Å². The van der Waals surface area contributed by atoms with Crippen LogP contribution in [0.3, 0.4) is 0 Å². The molecule has 1 heterocycles. The summed E-state index contributed by atoms with van der Waals surface area (Å²) in [4.78, 5) is 4.27. The molecule has 0 fully saturated rings. The lowest BCUT2D eigenvalue weighted by molar-refractivity contribution is 0.0392. The number of hydrogen-bond donors (Lipinski definition) is 0. The molecule has 1 unspecified atom stereocenters. The molecular formula is C25H26ClNO. The van der Waals surface area contributed by atoms with Gasteiger partial charge >= 0.3 is 0 Å². The molecule has 0 aliphatic carbocycles. The summed E-state index contributed by atoms with van der Waals surface area (Å²) >= 11 is 6.76. The fourth-order valence-corrected chi connectivity index (χ4v) is 3.70. The van der Waals surface area contributed by atoms with E-state index in [1.165, 1.54) is 0 Å². The van der Waals surface area contributed by atoms with Crippen molar-refractivity contribution in [3.8, 4) is 0 Å². The number of halogens is 1. The third-order valence-corrected chi connectivity index (χ3v) is 4.94. The Morgan fingerprint density at radius 2 is 1.93 bits per heavy atom. The van der Waals surface area contributed by atoms with Crippen molar-refractivity contribution < 1.29 is 4.74 Å². The van der Waals surface area contributed by atoms with Crippen LogP contribution in [0.15, 0.2) is 73.6 Å². The van der Waals surface area contributed by atoms with Crippen LogP contribution < -0.4 is 0 Å². The van der Waals surface area contributed by atoms with Crippen molar-refractivity contribution in [1.82, 2.24) is 4.98 Å². The van der Waals surface area contributed by atoms with E-state index >= 15 is 0 Å². The molecule has 0 radical (unpaired) electrons. The summed E-state index contributed by atoms with van der Waals surface area (Å²) in [5.74, 6) is 0. The van der Waals surface area contributed by atoms with Crippen LogP contribution in [0.1, 0.15) is 31.9 Å². The van der Waals surface area contributed by atoms with Crippen LogP contribution >= 0.6 is 11.6 Å². The maximum atomic E-state index is 6.76. The highest BCUT2D eigenvalue weighted by molar-refractivity contribution is 6.34. The number of rotatable bonds is 6. The van der Waals surface area contributed by atoms with Crippen molar-refractivity contribution in [2.75, 3.05) is 6.61 Å². The zero-order chi connectivity index (χ0) is 20.1. The normalized spacial score (nSPS) is 13.5. The fraction of sp³-hybridized carbons (Fsp3) is 0.240. The predicted octanol–water partition coefficient (Wildman–Crippen LogP) is 7.05. The second-order valence-electron chi connectivity index (χ2n) is 7.90. The van der Waals surface area contributed by atoms with Gasteiger partial charge in [-0.25, -0.2) is 0 Å². The first-order valence-corrected chi connectivity index (χ1v) is 9.81. The molecule has 2 aromatic carbocycles. The van der Waals surface area contributed by atoms with Gasteiger partial charge in [-0.1, -0.05) is 74.8 Å². The van der Waals surface area contributed by atoms with Crippen molar-refractivity contribution in [2.24, 2.45) is 5.41 Å². The van der Waals surface area contributed by atoms with Gasteiger partial charge in [0.25, 0.3) is 0 Å². The molecule has 0 saturated carbocycles. The Balaban J connectivity index is 2.30. The standard InChI is InChI=1S/C25H26ClNO/c1-5-15-28-24(25(2,3)4)21(16-18-9-8-14-27-17-18)23-20-11-7-6-10-19(20)12-13-22(23)26/h5-14,16-17,24H,1,15H2,2-4H3. The smallest absolute Gasteiger partial charge is 0.0884 e.